The molecule has 62 heavy (non-hydrogen) atoms. The molecular formula is C58H39N3O. The first-order valence-corrected chi connectivity index (χ1v) is 21.6. The molecule has 13 rings (SSSR count). The van der Waals surface area contributed by atoms with Crippen LogP contribution in [0.25, 0.3) is 87.8 Å². The van der Waals surface area contributed by atoms with Gasteiger partial charge in [-0.25, -0.2) is 9.98 Å². The van der Waals surface area contributed by atoms with Gasteiger partial charge in [0.15, 0.2) is 5.84 Å². The van der Waals surface area contributed by atoms with Crippen LogP contribution in [0.3, 0.4) is 0 Å². The Morgan fingerprint density at radius 2 is 1.18 bits per heavy atom. The van der Waals surface area contributed by atoms with Gasteiger partial charge in [-0.3, -0.25) is 0 Å². The molecule has 9 aromatic carbocycles. The third-order valence-electron chi connectivity index (χ3n) is 13.3. The van der Waals surface area contributed by atoms with Crippen LogP contribution < -0.4 is 0 Å². The molecule has 4 nitrogen and oxygen atoms in total. The summed E-state index contributed by atoms with van der Waals surface area (Å²) in [6, 6.07) is 65.8. The molecule has 2 aromatic heterocycles. The van der Waals surface area contributed by atoms with Gasteiger partial charge in [-0.2, -0.15) is 0 Å². The summed E-state index contributed by atoms with van der Waals surface area (Å²) in [4.78, 5) is 11.3. The summed E-state index contributed by atoms with van der Waals surface area (Å²) < 4.78 is 9.25. The third kappa shape index (κ3) is 5.39. The van der Waals surface area contributed by atoms with E-state index in [2.05, 4.69) is 193 Å². The largest absolute Gasteiger partial charge is 0.456 e. The molecule has 0 radical (unpaired) electrons. The number of rotatable bonds is 4. The fourth-order valence-electron chi connectivity index (χ4n) is 10.3. The van der Waals surface area contributed by atoms with Crippen LogP contribution >= 0.6 is 0 Å². The monoisotopic (exact) mass is 793 g/mol. The fraction of sp³-hybridized carbons (Fsp3) is 0.0690. The molecule has 11 aromatic rings. The topological polar surface area (TPSA) is 42.8 Å². The lowest BCUT2D eigenvalue weighted by Crippen LogP contribution is -2.11. The van der Waals surface area contributed by atoms with Gasteiger partial charge in [0, 0.05) is 27.3 Å². The number of benzene rings is 9. The van der Waals surface area contributed by atoms with Crippen LogP contribution in [-0.4, -0.2) is 16.1 Å². The number of aliphatic imine (C=N–C) groups is 2. The van der Waals surface area contributed by atoms with Gasteiger partial charge in [0.05, 0.1) is 33.5 Å². The van der Waals surface area contributed by atoms with Crippen molar-refractivity contribution in [1.29, 1.82) is 0 Å². The highest BCUT2D eigenvalue weighted by atomic mass is 16.3. The Kier molecular flexibility index (Phi) is 7.67. The second-order valence-corrected chi connectivity index (χ2v) is 16.9. The molecule has 0 saturated heterocycles. The summed E-state index contributed by atoms with van der Waals surface area (Å²) >= 11 is 0. The summed E-state index contributed by atoms with van der Waals surface area (Å²) in [5, 5.41) is 9.33. The summed E-state index contributed by atoms with van der Waals surface area (Å²) in [5.41, 5.74) is 16.8. The Morgan fingerprint density at radius 1 is 0.468 bits per heavy atom. The van der Waals surface area contributed by atoms with Gasteiger partial charge in [0.25, 0.3) is 0 Å². The zero-order valence-corrected chi connectivity index (χ0v) is 34.2. The molecule has 2 aliphatic rings. The molecule has 1 aliphatic heterocycles. The molecule has 0 fully saturated rings. The van der Waals surface area contributed by atoms with Crippen LogP contribution in [0.15, 0.2) is 202 Å². The number of nitrogens with zero attached hydrogens (tertiary/aromatic N) is 3. The predicted molar refractivity (Wildman–Crippen MR) is 259 cm³/mol. The van der Waals surface area contributed by atoms with Crippen molar-refractivity contribution in [3.63, 3.8) is 0 Å². The van der Waals surface area contributed by atoms with Crippen molar-refractivity contribution in [2.45, 2.75) is 26.2 Å². The normalized spacial score (nSPS) is 17.0. The first-order chi connectivity index (χ1) is 30.6. The van der Waals surface area contributed by atoms with E-state index < -0.39 is 0 Å². The zero-order valence-electron chi connectivity index (χ0n) is 34.2. The van der Waals surface area contributed by atoms with Gasteiger partial charge in [0.1, 0.15) is 11.2 Å². The van der Waals surface area contributed by atoms with Crippen LogP contribution in [0, 0.1) is 0 Å². The third-order valence-corrected chi connectivity index (χ3v) is 13.3. The second-order valence-electron chi connectivity index (χ2n) is 16.9. The minimum absolute atomic E-state index is 0.710. The number of para-hydroxylation sites is 2. The summed E-state index contributed by atoms with van der Waals surface area (Å²) in [5.74, 6) is 0.710. The van der Waals surface area contributed by atoms with Gasteiger partial charge < -0.3 is 8.98 Å². The Morgan fingerprint density at radius 3 is 2.08 bits per heavy atom. The average Bonchev–Trinajstić information content (AvgIpc) is 3.98. The number of allylic oxidation sites excluding steroid dienone is 1. The smallest absolute Gasteiger partial charge is 0.160 e. The van der Waals surface area contributed by atoms with Gasteiger partial charge in [-0.05, 0) is 124 Å². The molecule has 4 heteroatoms. The van der Waals surface area contributed by atoms with Crippen molar-refractivity contribution in [3.8, 4) is 16.8 Å². The molecule has 0 unspecified atom stereocenters. The summed E-state index contributed by atoms with van der Waals surface area (Å²) in [7, 11) is 0. The maximum absolute atomic E-state index is 6.80. The molecule has 292 valence electrons. The Balaban J connectivity index is 1.07. The molecule has 0 spiro atoms. The van der Waals surface area contributed by atoms with E-state index in [9.17, 15) is 0 Å². The van der Waals surface area contributed by atoms with E-state index >= 15 is 0 Å². The average molecular weight is 794 g/mol. The molecule has 3 heterocycles. The predicted octanol–water partition coefficient (Wildman–Crippen LogP) is 15.0. The van der Waals surface area contributed by atoms with E-state index in [0.717, 1.165) is 96.8 Å². The lowest BCUT2D eigenvalue weighted by Gasteiger charge is -2.19. The molecule has 0 amide bonds. The van der Waals surface area contributed by atoms with Gasteiger partial charge in [-0.1, -0.05) is 140 Å². The van der Waals surface area contributed by atoms with Gasteiger partial charge in [0.2, 0.25) is 0 Å². The number of aromatic nitrogens is 1. The summed E-state index contributed by atoms with van der Waals surface area (Å²) in [6.45, 7) is 2.25. The Labute approximate surface area is 358 Å². The SMILES string of the molecule is C\C1=C(c2cc(-n3c4ccccc4c4cc5ccccc5cc43)c3c(c2)oc2ccccc23)/N=C(c2cccc3ccccc23)\N=C(\c2ccc3c(c2)-c2ccccc2C3)CC1. The standard InChI is InChI=1S/C58H39N3O/c1-35-25-28-50(41-27-26-40-29-39-16-5-7-19-44(39)48(40)31-41)59-58(46-22-12-17-36-13-4-6-18-43(36)46)60-57(35)42-33-53(56-47-21-9-11-24-54(47)62-55(56)34-42)61-51-23-10-8-20-45(51)49-30-37-14-2-3-15-38(37)32-52(49)61/h2-24,26-27,30-34H,25,28-29H2,1H3/b57-35+,59-50+,60-58-. The molecule has 0 saturated carbocycles. The Hall–Kier alpha value is -7.82. The first kappa shape index (κ1) is 35.0. The van der Waals surface area contributed by atoms with Crippen LogP contribution in [0.4, 0.5) is 0 Å². The van der Waals surface area contributed by atoms with Gasteiger partial charge >= 0.3 is 0 Å². The zero-order chi connectivity index (χ0) is 40.9. The highest BCUT2D eigenvalue weighted by Gasteiger charge is 2.24. The highest BCUT2D eigenvalue weighted by molar-refractivity contribution is 6.20. The van der Waals surface area contributed by atoms with Gasteiger partial charge in [-0.15, -0.1) is 0 Å². The molecule has 0 N–H and O–H groups in total. The number of hydrogen-bond acceptors (Lipinski definition) is 3. The van der Waals surface area contributed by atoms with E-state index in [-0.39, 0.29) is 0 Å². The molecule has 0 atom stereocenters. The maximum Gasteiger partial charge on any atom is 0.160 e. The lowest BCUT2D eigenvalue weighted by molar-refractivity contribution is 0.668. The number of fused-ring (bicyclic) bond motifs is 11. The van der Waals surface area contributed by atoms with E-state index in [0.29, 0.717) is 5.84 Å². The van der Waals surface area contributed by atoms with Crippen molar-refractivity contribution in [3.05, 3.63) is 215 Å². The fourth-order valence-corrected chi connectivity index (χ4v) is 10.3. The van der Waals surface area contributed by atoms with Crippen LogP contribution in [-0.2, 0) is 6.42 Å². The number of furan rings is 1. The molecule has 0 bridgehead atoms. The van der Waals surface area contributed by atoms with Crippen molar-refractivity contribution >= 4 is 82.5 Å². The quantitative estimate of drug-likeness (QED) is 0.175. The van der Waals surface area contributed by atoms with Crippen LogP contribution in [0.2, 0.25) is 0 Å². The van der Waals surface area contributed by atoms with E-state index in [1.807, 2.05) is 0 Å². The summed E-state index contributed by atoms with van der Waals surface area (Å²) in [6.07, 6.45) is 2.55. The van der Waals surface area contributed by atoms with Crippen LogP contribution in [0.1, 0.15) is 47.6 Å². The van der Waals surface area contributed by atoms with Crippen LogP contribution in [0.5, 0.6) is 0 Å². The molecular weight excluding hydrogens is 755 g/mol. The minimum Gasteiger partial charge on any atom is -0.456 e. The lowest BCUT2D eigenvalue weighted by atomic mass is 9.94. The number of amidine groups is 1. The van der Waals surface area contributed by atoms with E-state index in [4.69, 9.17) is 14.4 Å². The van der Waals surface area contributed by atoms with E-state index in [1.165, 1.54) is 49.4 Å². The van der Waals surface area contributed by atoms with Crippen molar-refractivity contribution in [2.24, 2.45) is 9.98 Å². The second kappa shape index (κ2) is 13.6. The Bertz CT molecular complexity index is 3790. The highest BCUT2D eigenvalue weighted by Crippen LogP contribution is 2.43. The van der Waals surface area contributed by atoms with Crippen molar-refractivity contribution in [1.82, 2.24) is 4.57 Å². The minimum atomic E-state index is 0.710. The number of hydrogen-bond donors (Lipinski definition) is 0. The van der Waals surface area contributed by atoms with Crippen molar-refractivity contribution in [2.75, 3.05) is 0 Å². The van der Waals surface area contributed by atoms with E-state index in [1.54, 1.807) is 0 Å². The molecule has 1 aliphatic carbocycles. The van der Waals surface area contributed by atoms with Crippen molar-refractivity contribution < 1.29 is 4.42 Å². The first-order valence-electron chi connectivity index (χ1n) is 21.6. The maximum atomic E-state index is 6.80.